The Bertz CT molecular complexity index is 714. The van der Waals surface area contributed by atoms with Crippen LogP contribution in [-0.2, 0) is 23.8 Å². The molecule has 2 bridgehead atoms. The van der Waals surface area contributed by atoms with Gasteiger partial charge in [0.25, 0.3) is 0 Å². The summed E-state index contributed by atoms with van der Waals surface area (Å²) >= 11 is 0. The van der Waals surface area contributed by atoms with E-state index in [0.29, 0.717) is 12.0 Å². The van der Waals surface area contributed by atoms with Gasteiger partial charge in [-0.1, -0.05) is 50.8 Å². The lowest BCUT2D eigenvalue weighted by Gasteiger charge is -2.33. The maximum absolute atomic E-state index is 12.8. The van der Waals surface area contributed by atoms with Crippen molar-refractivity contribution in [3.63, 3.8) is 0 Å². The van der Waals surface area contributed by atoms with Gasteiger partial charge in [0, 0.05) is 0 Å². The largest absolute Gasteiger partial charge is 0.465 e. The van der Waals surface area contributed by atoms with Crippen LogP contribution in [0.2, 0.25) is 0 Å². The molecule has 1 aromatic carbocycles. The summed E-state index contributed by atoms with van der Waals surface area (Å²) in [6.07, 6.45) is 7.46. The van der Waals surface area contributed by atoms with Crippen molar-refractivity contribution in [1.82, 2.24) is 0 Å². The van der Waals surface area contributed by atoms with Crippen molar-refractivity contribution in [3.05, 3.63) is 35.9 Å². The van der Waals surface area contributed by atoms with Crippen LogP contribution in [0, 0.1) is 17.3 Å². The lowest BCUT2D eigenvalue weighted by atomic mass is 9.86. The molecule has 170 valence electrons. The van der Waals surface area contributed by atoms with Crippen LogP contribution in [0.25, 0.3) is 0 Å². The SMILES string of the molecule is CCC1(COC(=O)c2ccccc2)COC(=O)C2CCCCCC(CCC2)C(=O)OC1. The van der Waals surface area contributed by atoms with E-state index in [4.69, 9.17) is 14.2 Å². The Labute approximate surface area is 184 Å². The van der Waals surface area contributed by atoms with Crippen molar-refractivity contribution in [3.8, 4) is 0 Å². The van der Waals surface area contributed by atoms with Gasteiger partial charge >= 0.3 is 17.9 Å². The number of carbonyl (C=O) groups is 3. The number of fused-ring (bicyclic) bond motifs is 4. The zero-order valence-corrected chi connectivity index (χ0v) is 18.5. The average molecular weight is 431 g/mol. The molecule has 0 amide bonds. The molecule has 1 aromatic rings. The van der Waals surface area contributed by atoms with E-state index in [2.05, 4.69) is 0 Å². The molecule has 2 unspecified atom stereocenters. The molecule has 1 heterocycles. The van der Waals surface area contributed by atoms with Gasteiger partial charge in [-0.15, -0.1) is 0 Å². The van der Waals surface area contributed by atoms with Gasteiger partial charge in [-0.25, -0.2) is 4.79 Å². The predicted molar refractivity (Wildman–Crippen MR) is 115 cm³/mol. The molecular formula is C25H34O6. The summed E-state index contributed by atoms with van der Waals surface area (Å²) in [4.78, 5) is 38.1. The van der Waals surface area contributed by atoms with Gasteiger partial charge in [-0.3, -0.25) is 9.59 Å². The standard InChI is InChI=1S/C25H34O6/c1-2-25(16-29-22(26)19-10-5-3-6-11-19)17-30-23(27)20-12-7-4-8-13-21(15-9-14-20)24(28)31-18-25/h3,5-6,10-11,20-21H,2,4,7-9,12-18H2,1H3. The van der Waals surface area contributed by atoms with Gasteiger partial charge in [0.1, 0.15) is 19.8 Å². The van der Waals surface area contributed by atoms with E-state index in [1.165, 1.54) is 0 Å². The van der Waals surface area contributed by atoms with Gasteiger partial charge in [0.15, 0.2) is 0 Å². The first-order valence-corrected chi connectivity index (χ1v) is 11.6. The third kappa shape index (κ3) is 6.55. The lowest BCUT2D eigenvalue weighted by molar-refractivity contribution is -0.163. The third-order valence-electron chi connectivity index (χ3n) is 6.69. The van der Waals surface area contributed by atoms with E-state index in [1.54, 1.807) is 24.3 Å². The number of cyclic esters (lactones) is 2. The van der Waals surface area contributed by atoms with Crippen LogP contribution in [0.5, 0.6) is 0 Å². The highest BCUT2D eigenvalue weighted by molar-refractivity contribution is 5.89. The summed E-state index contributed by atoms with van der Waals surface area (Å²) in [5.74, 6) is -1.07. The third-order valence-corrected chi connectivity index (χ3v) is 6.69. The summed E-state index contributed by atoms with van der Waals surface area (Å²) in [5, 5.41) is 0. The fraction of sp³-hybridized carbons (Fsp3) is 0.640. The van der Waals surface area contributed by atoms with Crippen LogP contribution < -0.4 is 0 Å². The van der Waals surface area contributed by atoms with Gasteiger partial charge in [0.2, 0.25) is 0 Å². The van der Waals surface area contributed by atoms with E-state index in [9.17, 15) is 14.4 Å². The van der Waals surface area contributed by atoms with Gasteiger partial charge in [0.05, 0.1) is 22.8 Å². The van der Waals surface area contributed by atoms with Crippen molar-refractivity contribution in [2.75, 3.05) is 19.8 Å². The van der Waals surface area contributed by atoms with Crippen molar-refractivity contribution in [1.29, 1.82) is 0 Å². The summed E-state index contributed by atoms with van der Waals surface area (Å²) in [5.41, 5.74) is -0.299. The Balaban J connectivity index is 1.76. The molecule has 1 aliphatic carbocycles. The van der Waals surface area contributed by atoms with Gasteiger partial charge in [-0.2, -0.15) is 0 Å². The zero-order valence-electron chi connectivity index (χ0n) is 18.5. The molecule has 0 N–H and O–H groups in total. The van der Waals surface area contributed by atoms with Crippen LogP contribution in [0.15, 0.2) is 30.3 Å². The number of hydrogen-bond acceptors (Lipinski definition) is 6. The Morgan fingerprint density at radius 3 is 2.00 bits per heavy atom. The molecule has 1 aliphatic heterocycles. The molecule has 0 aromatic heterocycles. The van der Waals surface area contributed by atoms with E-state index < -0.39 is 11.4 Å². The Kier molecular flexibility index (Phi) is 8.50. The summed E-state index contributed by atoms with van der Waals surface area (Å²) in [6, 6.07) is 8.76. The van der Waals surface area contributed by atoms with Crippen LogP contribution in [0.1, 0.15) is 75.1 Å². The van der Waals surface area contributed by atoms with Crippen molar-refractivity contribution >= 4 is 17.9 Å². The van der Waals surface area contributed by atoms with Crippen molar-refractivity contribution in [2.24, 2.45) is 17.3 Å². The Morgan fingerprint density at radius 1 is 0.903 bits per heavy atom. The molecule has 1 saturated heterocycles. The number of rotatable bonds is 4. The summed E-state index contributed by atoms with van der Waals surface area (Å²) < 4.78 is 17.0. The Morgan fingerprint density at radius 2 is 1.45 bits per heavy atom. The fourth-order valence-electron chi connectivity index (χ4n) is 4.32. The highest BCUT2D eigenvalue weighted by Crippen LogP contribution is 2.31. The first kappa shape index (κ1) is 23.3. The Hall–Kier alpha value is -2.37. The quantitative estimate of drug-likeness (QED) is 0.509. The molecule has 2 aliphatic rings. The van der Waals surface area contributed by atoms with E-state index >= 15 is 0 Å². The molecule has 2 fully saturated rings. The van der Waals surface area contributed by atoms with E-state index in [1.807, 2.05) is 13.0 Å². The second kappa shape index (κ2) is 11.3. The maximum atomic E-state index is 12.8. The van der Waals surface area contributed by atoms with Crippen LogP contribution >= 0.6 is 0 Å². The monoisotopic (exact) mass is 430 g/mol. The highest BCUT2D eigenvalue weighted by Gasteiger charge is 2.37. The summed E-state index contributed by atoms with van der Waals surface area (Å²) in [7, 11) is 0. The maximum Gasteiger partial charge on any atom is 0.338 e. The molecule has 0 radical (unpaired) electrons. The first-order chi connectivity index (χ1) is 15.0. The average Bonchev–Trinajstić information content (AvgIpc) is 2.81. The van der Waals surface area contributed by atoms with Crippen LogP contribution in [-0.4, -0.2) is 37.7 Å². The molecule has 6 heteroatoms. The minimum Gasteiger partial charge on any atom is -0.465 e. The molecule has 6 nitrogen and oxygen atoms in total. The number of carbonyl (C=O) groups excluding carboxylic acids is 3. The number of esters is 3. The molecular weight excluding hydrogens is 396 g/mol. The zero-order chi connectivity index (χ0) is 22.1. The van der Waals surface area contributed by atoms with Crippen molar-refractivity contribution < 1.29 is 28.6 Å². The minimum atomic E-state index is -0.756. The van der Waals surface area contributed by atoms with Crippen LogP contribution in [0.4, 0.5) is 0 Å². The van der Waals surface area contributed by atoms with Gasteiger partial charge in [-0.05, 0) is 44.2 Å². The minimum absolute atomic E-state index is 0.0210. The number of ether oxygens (including phenoxy) is 3. The highest BCUT2D eigenvalue weighted by atomic mass is 16.6. The smallest absolute Gasteiger partial charge is 0.338 e. The van der Waals surface area contributed by atoms with E-state index in [-0.39, 0.29) is 43.6 Å². The molecule has 1 saturated carbocycles. The fourth-order valence-corrected chi connectivity index (χ4v) is 4.32. The topological polar surface area (TPSA) is 78.9 Å². The normalized spacial score (nSPS) is 28.0. The second-order valence-corrected chi connectivity index (χ2v) is 8.97. The second-order valence-electron chi connectivity index (χ2n) is 8.97. The van der Waals surface area contributed by atoms with Crippen LogP contribution in [0.3, 0.4) is 0 Å². The molecule has 2 atom stereocenters. The van der Waals surface area contributed by atoms with E-state index in [0.717, 1.165) is 51.4 Å². The van der Waals surface area contributed by atoms with Gasteiger partial charge < -0.3 is 14.2 Å². The number of benzene rings is 1. The lowest BCUT2D eigenvalue weighted by Crippen LogP contribution is -2.40. The predicted octanol–water partition coefficient (Wildman–Crippen LogP) is 4.71. The molecule has 3 rings (SSSR count). The first-order valence-electron chi connectivity index (χ1n) is 11.6. The molecule has 0 spiro atoms. The number of hydrogen-bond donors (Lipinski definition) is 0. The van der Waals surface area contributed by atoms with Crippen molar-refractivity contribution in [2.45, 2.75) is 64.7 Å². The summed E-state index contributed by atoms with van der Waals surface area (Å²) in [6.45, 7) is 2.09. The molecule has 31 heavy (non-hydrogen) atoms.